The van der Waals surface area contributed by atoms with Crippen LogP contribution in [0.4, 0.5) is 51.7 Å². The van der Waals surface area contributed by atoms with Gasteiger partial charge in [0.05, 0.1) is 22.4 Å². The monoisotopic (exact) mass is 824 g/mol. The maximum Gasteiger partial charge on any atom is 0.494 e. The van der Waals surface area contributed by atoms with Crippen LogP contribution in [0.5, 0.6) is 0 Å². The van der Waals surface area contributed by atoms with Crippen LogP contribution in [-0.2, 0) is 24.5 Å². The van der Waals surface area contributed by atoms with E-state index >= 15 is 8.78 Å². The average molecular weight is 825 g/mol. The molecule has 2 heterocycles. The third-order valence-electron chi connectivity index (χ3n) is 13.0. The molecule has 0 amide bonds. The van der Waals surface area contributed by atoms with Crippen LogP contribution in [0.2, 0.25) is 0 Å². The first-order chi connectivity index (χ1) is 28.7. The molecule has 0 N–H and O–H groups in total. The summed E-state index contributed by atoms with van der Waals surface area (Å²) in [5.74, 6) is -4.08. The van der Waals surface area contributed by atoms with Crippen molar-refractivity contribution in [1.29, 1.82) is 0 Å². The second-order valence-corrected chi connectivity index (χ2v) is 18.0. The summed E-state index contributed by atoms with van der Waals surface area (Å²) in [6, 6.07) is 37.2. The summed E-state index contributed by atoms with van der Waals surface area (Å²) >= 11 is 0. The number of hydrogen-bond donors (Lipinski definition) is 0. The van der Waals surface area contributed by atoms with Crippen molar-refractivity contribution in [2.24, 2.45) is 0 Å². The van der Waals surface area contributed by atoms with Gasteiger partial charge in [0, 0.05) is 45.3 Å². The van der Waals surface area contributed by atoms with E-state index in [1.807, 2.05) is 114 Å². The molecule has 310 valence electrons. The number of halogens is 4. The normalized spacial score (nSPS) is 18.8. The number of nitrogens with zero attached hydrogens (tertiary/aromatic N) is 2. The minimum Gasteiger partial charge on any atom is -0.399 e. The molecule has 0 saturated carbocycles. The van der Waals surface area contributed by atoms with Gasteiger partial charge in [-0.15, -0.1) is 0 Å². The van der Waals surface area contributed by atoms with Gasteiger partial charge in [0.15, 0.2) is 0 Å². The minimum absolute atomic E-state index is 0.126. The first-order valence-corrected chi connectivity index (χ1v) is 20.4. The molecular weight excluding hydrogens is 778 g/mol. The minimum atomic E-state index is -3.28. The van der Waals surface area contributed by atoms with Gasteiger partial charge in [-0.1, -0.05) is 24.3 Å². The molecule has 0 unspecified atom stereocenters. The molecule has 6 aromatic rings. The van der Waals surface area contributed by atoms with Crippen LogP contribution >= 0.6 is 0 Å². The Labute approximate surface area is 355 Å². The Bertz CT molecular complexity index is 2410. The van der Waals surface area contributed by atoms with E-state index in [4.69, 9.17) is 18.6 Å². The van der Waals surface area contributed by atoms with Crippen molar-refractivity contribution in [1.82, 2.24) is 0 Å². The molecular formula is C49H46B2F4N2O4. The van der Waals surface area contributed by atoms with Gasteiger partial charge in [0.25, 0.3) is 5.92 Å². The van der Waals surface area contributed by atoms with Gasteiger partial charge in [-0.05, 0) is 187 Å². The molecule has 0 aromatic heterocycles. The molecule has 9 rings (SSSR count). The lowest BCUT2D eigenvalue weighted by Gasteiger charge is -2.32. The van der Waals surface area contributed by atoms with Crippen molar-refractivity contribution in [3.8, 4) is 11.1 Å². The molecule has 0 radical (unpaired) electrons. The van der Waals surface area contributed by atoms with Gasteiger partial charge in [0.2, 0.25) is 0 Å². The van der Waals surface area contributed by atoms with E-state index in [1.54, 1.807) is 48.5 Å². The lowest BCUT2D eigenvalue weighted by Crippen LogP contribution is -2.41. The Hall–Kier alpha value is -5.39. The van der Waals surface area contributed by atoms with Crippen LogP contribution < -0.4 is 20.7 Å². The number of hydrogen-bond acceptors (Lipinski definition) is 6. The highest BCUT2D eigenvalue weighted by Crippen LogP contribution is 2.54. The summed E-state index contributed by atoms with van der Waals surface area (Å²) in [7, 11) is -1.15. The van der Waals surface area contributed by atoms with E-state index in [0.717, 1.165) is 22.3 Å². The van der Waals surface area contributed by atoms with Gasteiger partial charge in [-0.25, -0.2) is 8.78 Å². The summed E-state index contributed by atoms with van der Waals surface area (Å²) in [5, 5.41) is 0. The van der Waals surface area contributed by atoms with E-state index in [2.05, 4.69) is 0 Å². The Balaban J connectivity index is 1.11. The van der Waals surface area contributed by atoms with Gasteiger partial charge < -0.3 is 28.4 Å². The van der Waals surface area contributed by atoms with Gasteiger partial charge in [-0.2, -0.15) is 8.78 Å². The fraction of sp³-hybridized carbons (Fsp3) is 0.265. The maximum atomic E-state index is 16.4. The number of anilines is 6. The zero-order valence-electron chi connectivity index (χ0n) is 35.4. The van der Waals surface area contributed by atoms with E-state index in [9.17, 15) is 8.78 Å². The highest BCUT2D eigenvalue weighted by Gasteiger charge is 2.53. The van der Waals surface area contributed by atoms with Crippen molar-refractivity contribution in [3.63, 3.8) is 0 Å². The van der Waals surface area contributed by atoms with Gasteiger partial charge >= 0.3 is 14.2 Å². The molecule has 3 aliphatic rings. The smallest absolute Gasteiger partial charge is 0.399 e. The predicted molar refractivity (Wildman–Crippen MR) is 236 cm³/mol. The molecule has 6 aromatic carbocycles. The molecule has 6 nitrogen and oxygen atoms in total. The quantitative estimate of drug-likeness (QED) is 0.113. The zero-order valence-corrected chi connectivity index (χ0v) is 35.4. The van der Waals surface area contributed by atoms with E-state index in [0.29, 0.717) is 33.9 Å². The standard InChI is InChI=1S/C49H46B2F4N2O4/c1-45(2)46(3,4)59-50(58-45)31-9-17-35(18-10-31)56(37-21-13-33(52)14-22-37)39-25-27-43-41(29-39)42-30-40(26-28-44(42)49(43,54)55)57(38-23-15-34(53)16-24-38)36-19-11-32(12-20-36)51-60-47(5,6)48(7,8)61-51/h9-30H,1-8H3. The summed E-state index contributed by atoms with van der Waals surface area (Å²) in [4.78, 5) is 3.81. The van der Waals surface area contributed by atoms with Crippen molar-refractivity contribution in [2.75, 3.05) is 9.80 Å². The zero-order chi connectivity index (χ0) is 43.3. The Morgan fingerprint density at radius 2 is 0.639 bits per heavy atom. The fourth-order valence-electron chi connectivity index (χ4n) is 8.08. The molecule has 12 heteroatoms. The second-order valence-electron chi connectivity index (χ2n) is 18.0. The molecule has 61 heavy (non-hydrogen) atoms. The molecule has 0 bridgehead atoms. The maximum absolute atomic E-state index is 16.4. The summed E-state index contributed by atoms with van der Waals surface area (Å²) in [6.45, 7) is 16.0. The SMILES string of the molecule is CC1(C)OB(c2ccc(N(c3ccc(F)cc3)c3ccc4c(c3)-c3cc(N(c5ccc(F)cc5)c5ccc(B6OC(C)(C)C(C)(C)O6)cc5)ccc3C4(F)F)cc2)OC1(C)C. The lowest BCUT2D eigenvalue weighted by atomic mass is 9.79. The van der Waals surface area contributed by atoms with Crippen molar-refractivity contribution in [2.45, 2.75) is 83.7 Å². The molecule has 1 aliphatic carbocycles. The van der Waals surface area contributed by atoms with Crippen LogP contribution in [0.25, 0.3) is 11.1 Å². The summed E-state index contributed by atoms with van der Waals surface area (Å²) < 4.78 is 86.6. The van der Waals surface area contributed by atoms with Crippen LogP contribution in [0.1, 0.15) is 66.5 Å². The molecule has 2 fully saturated rings. The summed E-state index contributed by atoms with van der Waals surface area (Å²) in [6.07, 6.45) is 0. The van der Waals surface area contributed by atoms with Gasteiger partial charge in [0.1, 0.15) is 11.6 Å². The number of fused-ring (bicyclic) bond motifs is 3. The molecule has 2 saturated heterocycles. The second kappa shape index (κ2) is 14.3. The van der Waals surface area contributed by atoms with E-state index in [-0.39, 0.29) is 11.1 Å². The van der Waals surface area contributed by atoms with Crippen LogP contribution in [-0.4, -0.2) is 36.6 Å². The predicted octanol–water partition coefficient (Wildman–Crippen LogP) is 11.6. The Morgan fingerprint density at radius 3 is 0.934 bits per heavy atom. The molecule has 0 spiro atoms. The average Bonchev–Trinajstić information content (AvgIpc) is 3.69. The van der Waals surface area contributed by atoms with Crippen molar-refractivity contribution >= 4 is 59.3 Å². The van der Waals surface area contributed by atoms with Crippen molar-refractivity contribution < 1.29 is 36.2 Å². The molecule has 0 atom stereocenters. The first-order valence-electron chi connectivity index (χ1n) is 20.4. The number of rotatable bonds is 8. The highest BCUT2D eigenvalue weighted by molar-refractivity contribution is 6.62. The Morgan fingerprint density at radius 1 is 0.377 bits per heavy atom. The van der Waals surface area contributed by atoms with Crippen LogP contribution in [0, 0.1) is 11.6 Å². The topological polar surface area (TPSA) is 43.4 Å². The fourth-order valence-corrected chi connectivity index (χ4v) is 8.08. The van der Waals surface area contributed by atoms with Crippen LogP contribution in [0.3, 0.4) is 0 Å². The van der Waals surface area contributed by atoms with Gasteiger partial charge in [-0.3, -0.25) is 0 Å². The largest absolute Gasteiger partial charge is 0.494 e. The first kappa shape index (κ1) is 41.0. The molecule has 2 aliphatic heterocycles. The van der Waals surface area contributed by atoms with Crippen LogP contribution in [0.15, 0.2) is 133 Å². The lowest BCUT2D eigenvalue weighted by molar-refractivity contribution is 0.00578. The number of benzene rings is 6. The summed E-state index contributed by atoms with van der Waals surface area (Å²) in [5.41, 5.74) is 3.93. The van der Waals surface area contributed by atoms with Crippen molar-refractivity contribution in [3.05, 3.63) is 156 Å². The Kier molecular flexibility index (Phi) is 9.64. The third kappa shape index (κ3) is 7.03. The third-order valence-corrected chi connectivity index (χ3v) is 13.0. The van der Waals surface area contributed by atoms with E-state index in [1.165, 1.54) is 36.4 Å². The number of alkyl halides is 2. The highest BCUT2D eigenvalue weighted by atomic mass is 19.3. The van der Waals surface area contributed by atoms with E-state index < -0.39 is 54.2 Å².